The van der Waals surface area contributed by atoms with E-state index in [4.69, 9.17) is 0 Å². The number of carbonyl (C=O) groups is 2. The van der Waals surface area contributed by atoms with Crippen molar-refractivity contribution in [2.24, 2.45) is 5.92 Å². The van der Waals surface area contributed by atoms with Gasteiger partial charge < -0.3 is 15.3 Å². The molecular weight excluding hydrogens is 256 g/mol. The zero-order valence-electron chi connectivity index (χ0n) is 12.4. The lowest BCUT2D eigenvalue weighted by Crippen LogP contribution is -2.52. The maximum atomic E-state index is 12.0. The Morgan fingerprint density at radius 2 is 2.00 bits per heavy atom. The molecular formula is C15H26N2O3. The fourth-order valence-corrected chi connectivity index (χ4v) is 3.54. The van der Waals surface area contributed by atoms with E-state index in [1.807, 2.05) is 0 Å². The number of piperidine rings is 1. The van der Waals surface area contributed by atoms with Gasteiger partial charge in [-0.15, -0.1) is 0 Å². The van der Waals surface area contributed by atoms with Gasteiger partial charge in [0.05, 0.1) is 0 Å². The highest BCUT2D eigenvalue weighted by molar-refractivity contribution is 5.87. The lowest BCUT2D eigenvalue weighted by Gasteiger charge is -2.30. The average Bonchev–Trinajstić information content (AvgIpc) is 2.86. The molecule has 1 aliphatic heterocycles. The summed E-state index contributed by atoms with van der Waals surface area (Å²) >= 11 is 0. The molecule has 20 heavy (non-hydrogen) atoms. The van der Waals surface area contributed by atoms with Crippen LogP contribution in [0.25, 0.3) is 0 Å². The van der Waals surface area contributed by atoms with Gasteiger partial charge in [-0.25, -0.2) is 4.79 Å². The molecule has 1 aliphatic carbocycles. The number of aliphatic carboxylic acids is 1. The van der Waals surface area contributed by atoms with Gasteiger partial charge in [0.25, 0.3) is 0 Å². The number of carboxylic acid groups (broad SMARTS) is 1. The molecule has 114 valence electrons. The fourth-order valence-electron chi connectivity index (χ4n) is 3.54. The Labute approximate surface area is 120 Å². The van der Waals surface area contributed by atoms with Gasteiger partial charge in [0.1, 0.15) is 5.54 Å². The maximum Gasteiger partial charge on any atom is 0.329 e. The van der Waals surface area contributed by atoms with Gasteiger partial charge in [0, 0.05) is 13.0 Å². The molecule has 2 aliphatic rings. The Hall–Kier alpha value is -1.10. The van der Waals surface area contributed by atoms with Gasteiger partial charge in [-0.2, -0.15) is 0 Å². The predicted molar refractivity (Wildman–Crippen MR) is 76.4 cm³/mol. The topological polar surface area (TPSA) is 69.6 Å². The van der Waals surface area contributed by atoms with Crippen LogP contribution in [0.15, 0.2) is 0 Å². The van der Waals surface area contributed by atoms with Crippen LogP contribution >= 0.6 is 0 Å². The molecule has 5 heteroatoms. The normalized spacial score (nSPS) is 26.4. The van der Waals surface area contributed by atoms with Crippen LogP contribution in [0.2, 0.25) is 0 Å². The number of rotatable bonds is 5. The molecule has 2 N–H and O–H groups in total. The molecule has 1 heterocycles. The Kier molecular flexibility index (Phi) is 5.02. The Morgan fingerprint density at radius 3 is 2.60 bits per heavy atom. The highest BCUT2D eigenvalue weighted by Crippen LogP contribution is 2.30. The molecule has 1 amide bonds. The van der Waals surface area contributed by atoms with E-state index in [2.05, 4.69) is 17.3 Å². The molecule has 0 aromatic rings. The van der Waals surface area contributed by atoms with Crippen LogP contribution in [0.5, 0.6) is 0 Å². The molecule has 0 spiro atoms. The van der Waals surface area contributed by atoms with E-state index in [1.54, 1.807) is 0 Å². The first kappa shape index (κ1) is 15.3. The highest BCUT2D eigenvalue weighted by atomic mass is 16.4. The van der Waals surface area contributed by atoms with E-state index in [0.717, 1.165) is 32.4 Å². The lowest BCUT2D eigenvalue weighted by atomic mass is 9.92. The standard InChI is InChI=1S/C15H26N2O3/c1-17-10-4-5-12(11-17)6-7-13(18)16-15(14(19)20)8-2-3-9-15/h12H,2-11H2,1H3,(H,16,18)(H,19,20). The number of carbonyl (C=O) groups excluding carboxylic acids is 1. The summed E-state index contributed by atoms with van der Waals surface area (Å²) in [5.41, 5.74) is -0.986. The van der Waals surface area contributed by atoms with Gasteiger partial charge in [0.15, 0.2) is 0 Å². The Morgan fingerprint density at radius 1 is 1.30 bits per heavy atom. The van der Waals surface area contributed by atoms with E-state index in [0.29, 0.717) is 25.2 Å². The number of nitrogens with zero attached hydrogens (tertiary/aromatic N) is 1. The van der Waals surface area contributed by atoms with Crippen LogP contribution in [0.1, 0.15) is 51.4 Å². The van der Waals surface area contributed by atoms with Crippen molar-refractivity contribution in [3.8, 4) is 0 Å². The van der Waals surface area contributed by atoms with Gasteiger partial charge >= 0.3 is 5.97 Å². The summed E-state index contributed by atoms with van der Waals surface area (Å²) in [5, 5.41) is 12.1. The SMILES string of the molecule is CN1CCCC(CCC(=O)NC2(C(=O)O)CCCC2)C1. The largest absolute Gasteiger partial charge is 0.480 e. The minimum atomic E-state index is -0.986. The van der Waals surface area contributed by atoms with Crippen molar-refractivity contribution in [1.29, 1.82) is 0 Å². The zero-order chi connectivity index (χ0) is 14.6. The summed E-state index contributed by atoms with van der Waals surface area (Å²) in [4.78, 5) is 25.7. The molecule has 0 aromatic heterocycles. The van der Waals surface area contributed by atoms with Crippen molar-refractivity contribution in [2.75, 3.05) is 20.1 Å². The van der Waals surface area contributed by atoms with Gasteiger partial charge in [-0.05, 0) is 51.6 Å². The van der Waals surface area contributed by atoms with Crippen LogP contribution in [-0.2, 0) is 9.59 Å². The third-order valence-corrected chi connectivity index (χ3v) is 4.75. The monoisotopic (exact) mass is 282 g/mol. The number of carboxylic acids is 1. The van der Waals surface area contributed by atoms with Gasteiger partial charge in [0.2, 0.25) is 5.91 Å². The van der Waals surface area contributed by atoms with E-state index in [1.165, 1.54) is 12.8 Å². The summed E-state index contributed by atoms with van der Waals surface area (Å²) in [5.74, 6) is -0.396. The number of amides is 1. The zero-order valence-corrected chi connectivity index (χ0v) is 12.4. The quantitative estimate of drug-likeness (QED) is 0.804. The molecule has 0 radical (unpaired) electrons. The van der Waals surface area contributed by atoms with Crippen molar-refractivity contribution >= 4 is 11.9 Å². The van der Waals surface area contributed by atoms with Crippen molar-refractivity contribution in [1.82, 2.24) is 10.2 Å². The third kappa shape index (κ3) is 3.72. The second-order valence-electron chi connectivity index (χ2n) is 6.45. The fraction of sp³-hybridized carbons (Fsp3) is 0.867. The first-order valence-corrected chi connectivity index (χ1v) is 7.75. The van der Waals surface area contributed by atoms with Crippen molar-refractivity contribution in [3.05, 3.63) is 0 Å². The molecule has 2 rings (SSSR count). The number of hydrogen-bond donors (Lipinski definition) is 2. The minimum Gasteiger partial charge on any atom is -0.480 e. The third-order valence-electron chi connectivity index (χ3n) is 4.75. The maximum absolute atomic E-state index is 12.0. The lowest BCUT2D eigenvalue weighted by molar-refractivity contribution is -0.147. The van der Waals surface area contributed by atoms with Crippen molar-refractivity contribution < 1.29 is 14.7 Å². The predicted octanol–water partition coefficient (Wildman–Crippen LogP) is 1.62. The van der Waals surface area contributed by atoms with Crippen LogP contribution in [-0.4, -0.2) is 47.6 Å². The second-order valence-corrected chi connectivity index (χ2v) is 6.45. The van der Waals surface area contributed by atoms with E-state index in [9.17, 15) is 14.7 Å². The van der Waals surface area contributed by atoms with Crippen molar-refractivity contribution in [3.63, 3.8) is 0 Å². The molecule has 0 bridgehead atoms. The van der Waals surface area contributed by atoms with Crippen molar-refractivity contribution in [2.45, 2.75) is 56.9 Å². The van der Waals surface area contributed by atoms with Gasteiger partial charge in [-0.3, -0.25) is 4.79 Å². The molecule has 1 unspecified atom stereocenters. The summed E-state index contributed by atoms with van der Waals surface area (Å²) in [6, 6.07) is 0. The number of hydrogen-bond acceptors (Lipinski definition) is 3. The highest BCUT2D eigenvalue weighted by Gasteiger charge is 2.42. The molecule has 0 aromatic carbocycles. The van der Waals surface area contributed by atoms with E-state index in [-0.39, 0.29) is 5.91 Å². The smallest absolute Gasteiger partial charge is 0.329 e. The Balaban J connectivity index is 1.78. The van der Waals surface area contributed by atoms with Gasteiger partial charge in [-0.1, -0.05) is 12.8 Å². The summed E-state index contributed by atoms with van der Waals surface area (Å²) in [6.45, 7) is 2.20. The van der Waals surface area contributed by atoms with E-state index < -0.39 is 11.5 Å². The molecule has 5 nitrogen and oxygen atoms in total. The first-order valence-electron chi connectivity index (χ1n) is 7.75. The summed E-state index contributed by atoms with van der Waals surface area (Å²) < 4.78 is 0. The van der Waals surface area contributed by atoms with Crippen LogP contribution < -0.4 is 5.32 Å². The van der Waals surface area contributed by atoms with Crippen LogP contribution in [0, 0.1) is 5.92 Å². The molecule has 1 atom stereocenters. The molecule has 2 fully saturated rings. The summed E-state index contributed by atoms with van der Waals surface area (Å²) in [7, 11) is 2.12. The van der Waals surface area contributed by atoms with E-state index >= 15 is 0 Å². The average molecular weight is 282 g/mol. The minimum absolute atomic E-state index is 0.0949. The summed E-state index contributed by atoms with van der Waals surface area (Å²) in [6.07, 6.45) is 6.61. The molecule has 1 saturated carbocycles. The van der Waals surface area contributed by atoms with Crippen LogP contribution in [0.3, 0.4) is 0 Å². The molecule has 1 saturated heterocycles. The second kappa shape index (κ2) is 6.57. The Bertz CT molecular complexity index is 364. The van der Waals surface area contributed by atoms with Crippen LogP contribution in [0.4, 0.5) is 0 Å². The number of nitrogens with one attached hydrogen (secondary N) is 1. The number of likely N-dealkylation sites (tertiary alicyclic amines) is 1. The first-order chi connectivity index (χ1) is 9.52.